The van der Waals surface area contributed by atoms with Crippen molar-refractivity contribution in [2.45, 2.75) is 26.1 Å². The van der Waals surface area contributed by atoms with Gasteiger partial charge in [-0.1, -0.05) is 22.0 Å². The molecule has 2 unspecified atom stereocenters. The van der Waals surface area contributed by atoms with Crippen LogP contribution in [-0.2, 0) is 4.74 Å². The number of ether oxygens (including phenoxy) is 1. The van der Waals surface area contributed by atoms with E-state index < -0.39 is 0 Å². The molecule has 3 nitrogen and oxygen atoms in total. The molecular formula is C14H17BrFNO2. The molecule has 1 saturated heterocycles. The number of hydrogen-bond acceptors (Lipinski definition) is 2. The van der Waals surface area contributed by atoms with Gasteiger partial charge >= 0.3 is 0 Å². The molecule has 1 aromatic carbocycles. The fourth-order valence-electron chi connectivity index (χ4n) is 2.20. The molecule has 5 heteroatoms. The molecule has 0 bridgehead atoms. The normalized spacial score (nSPS) is 23.5. The summed E-state index contributed by atoms with van der Waals surface area (Å²) in [5.41, 5.74) is 0.941. The highest BCUT2D eigenvalue weighted by Crippen LogP contribution is 2.17. The van der Waals surface area contributed by atoms with E-state index in [0.717, 1.165) is 0 Å². The first-order valence-corrected chi connectivity index (χ1v) is 7.40. The van der Waals surface area contributed by atoms with Crippen molar-refractivity contribution >= 4 is 21.8 Å². The zero-order chi connectivity index (χ0) is 14.0. The number of amides is 1. The van der Waals surface area contributed by atoms with Gasteiger partial charge in [0.1, 0.15) is 5.82 Å². The van der Waals surface area contributed by atoms with Crippen molar-refractivity contribution in [3.8, 4) is 0 Å². The number of carbonyl (C=O) groups excluding carboxylic acids is 1. The van der Waals surface area contributed by atoms with E-state index in [1.54, 1.807) is 24.0 Å². The summed E-state index contributed by atoms with van der Waals surface area (Å²) in [5.74, 6) is -0.482. The third-order valence-corrected chi connectivity index (χ3v) is 3.93. The Kier molecular flexibility index (Phi) is 4.58. The predicted molar refractivity (Wildman–Crippen MR) is 75.2 cm³/mol. The van der Waals surface area contributed by atoms with Gasteiger partial charge in [-0.15, -0.1) is 0 Å². The molecule has 1 aliphatic heterocycles. The Hall–Kier alpha value is -0.940. The van der Waals surface area contributed by atoms with Gasteiger partial charge in [0.15, 0.2) is 0 Å². The zero-order valence-electron chi connectivity index (χ0n) is 11.0. The summed E-state index contributed by atoms with van der Waals surface area (Å²) in [4.78, 5) is 14.1. The number of rotatable bonds is 2. The molecule has 2 atom stereocenters. The summed E-state index contributed by atoms with van der Waals surface area (Å²) < 4.78 is 19.2. The van der Waals surface area contributed by atoms with E-state index in [0.29, 0.717) is 29.5 Å². The molecule has 1 aromatic rings. The van der Waals surface area contributed by atoms with Crippen LogP contribution in [0.15, 0.2) is 18.2 Å². The van der Waals surface area contributed by atoms with Crippen LogP contribution in [0.1, 0.15) is 22.8 Å². The monoisotopic (exact) mass is 329 g/mol. The van der Waals surface area contributed by atoms with Crippen LogP contribution in [0.5, 0.6) is 0 Å². The summed E-state index contributed by atoms with van der Waals surface area (Å²) in [6.07, 6.45) is -0.0152. The Morgan fingerprint density at radius 3 is 2.89 bits per heavy atom. The number of benzene rings is 1. The number of halogens is 2. The van der Waals surface area contributed by atoms with Gasteiger partial charge in [0.05, 0.1) is 12.2 Å². The van der Waals surface area contributed by atoms with E-state index in [4.69, 9.17) is 4.74 Å². The van der Waals surface area contributed by atoms with Crippen molar-refractivity contribution in [3.63, 3.8) is 0 Å². The van der Waals surface area contributed by atoms with Gasteiger partial charge in [-0.25, -0.2) is 4.39 Å². The number of hydrogen-bond donors (Lipinski definition) is 0. The lowest BCUT2D eigenvalue weighted by molar-refractivity contribution is -0.0559. The zero-order valence-corrected chi connectivity index (χ0v) is 12.6. The summed E-state index contributed by atoms with van der Waals surface area (Å²) >= 11 is 3.37. The highest BCUT2D eigenvalue weighted by atomic mass is 79.9. The molecule has 2 rings (SSSR count). The lowest BCUT2D eigenvalue weighted by Gasteiger charge is -2.36. The van der Waals surface area contributed by atoms with Crippen LogP contribution in [0.3, 0.4) is 0 Å². The topological polar surface area (TPSA) is 29.5 Å². The highest BCUT2D eigenvalue weighted by Gasteiger charge is 2.28. The van der Waals surface area contributed by atoms with Crippen molar-refractivity contribution in [2.75, 3.05) is 18.4 Å². The standard InChI is InChI=1S/C14H17BrFNO2/c1-9-3-4-11(5-13(9)16)14(18)17-7-10(2)19-12(6-15)8-17/h3-5,10,12H,6-8H2,1-2H3. The third-order valence-electron chi connectivity index (χ3n) is 3.20. The van der Waals surface area contributed by atoms with Crippen LogP contribution < -0.4 is 0 Å². The minimum atomic E-state index is -0.343. The average molecular weight is 330 g/mol. The van der Waals surface area contributed by atoms with Gasteiger partial charge < -0.3 is 9.64 Å². The molecule has 0 radical (unpaired) electrons. The summed E-state index contributed by atoms with van der Waals surface area (Å²) in [6, 6.07) is 4.61. The van der Waals surface area contributed by atoms with E-state index in [2.05, 4.69) is 15.9 Å². The lowest BCUT2D eigenvalue weighted by Crippen LogP contribution is -2.49. The van der Waals surface area contributed by atoms with Gasteiger partial charge in [-0.3, -0.25) is 4.79 Å². The first-order chi connectivity index (χ1) is 9.01. The van der Waals surface area contributed by atoms with Crippen LogP contribution in [0.2, 0.25) is 0 Å². The quantitative estimate of drug-likeness (QED) is 0.781. The number of nitrogens with zero attached hydrogens (tertiary/aromatic N) is 1. The van der Waals surface area contributed by atoms with Crippen molar-refractivity contribution in [2.24, 2.45) is 0 Å². The summed E-state index contributed by atoms with van der Waals surface area (Å²) in [7, 11) is 0. The Bertz CT molecular complexity index is 481. The second-order valence-corrected chi connectivity index (χ2v) is 5.54. The smallest absolute Gasteiger partial charge is 0.254 e. The van der Waals surface area contributed by atoms with Crippen LogP contribution >= 0.6 is 15.9 Å². The average Bonchev–Trinajstić information content (AvgIpc) is 2.40. The number of aryl methyl sites for hydroxylation is 1. The van der Waals surface area contributed by atoms with E-state index in [1.165, 1.54) is 6.07 Å². The van der Waals surface area contributed by atoms with E-state index in [-0.39, 0.29) is 23.9 Å². The molecule has 0 spiro atoms. The van der Waals surface area contributed by atoms with Crippen molar-refractivity contribution in [1.29, 1.82) is 0 Å². The third kappa shape index (κ3) is 3.34. The Balaban J connectivity index is 2.16. The molecule has 0 N–H and O–H groups in total. The molecule has 19 heavy (non-hydrogen) atoms. The van der Waals surface area contributed by atoms with Crippen molar-refractivity contribution in [1.82, 2.24) is 4.90 Å². The van der Waals surface area contributed by atoms with E-state index in [9.17, 15) is 9.18 Å². The maximum atomic E-state index is 13.5. The van der Waals surface area contributed by atoms with Crippen LogP contribution in [-0.4, -0.2) is 41.4 Å². The number of morpholine rings is 1. The van der Waals surface area contributed by atoms with Crippen LogP contribution in [0.25, 0.3) is 0 Å². The van der Waals surface area contributed by atoms with E-state index >= 15 is 0 Å². The molecule has 1 amide bonds. The van der Waals surface area contributed by atoms with E-state index in [1.807, 2.05) is 6.92 Å². The van der Waals surface area contributed by atoms with Crippen molar-refractivity contribution in [3.05, 3.63) is 35.1 Å². The second-order valence-electron chi connectivity index (χ2n) is 4.90. The highest BCUT2D eigenvalue weighted by molar-refractivity contribution is 9.09. The molecular weight excluding hydrogens is 313 g/mol. The van der Waals surface area contributed by atoms with Gasteiger partial charge in [0.25, 0.3) is 5.91 Å². The fraction of sp³-hybridized carbons (Fsp3) is 0.500. The van der Waals surface area contributed by atoms with Gasteiger partial charge in [0.2, 0.25) is 0 Å². The molecule has 0 aliphatic carbocycles. The second kappa shape index (κ2) is 6.01. The minimum Gasteiger partial charge on any atom is -0.371 e. The van der Waals surface area contributed by atoms with Gasteiger partial charge in [-0.2, -0.15) is 0 Å². The Morgan fingerprint density at radius 1 is 1.53 bits per heavy atom. The molecule has 0 aromatic heterocycles. The predicted octanol–water partition coefficient (Wildman–Crippen LogP) is 2.76. The lowest BCUT2D eigenvalue weighted by atomic mass is 10.1. The van der Waals surface area contributed by atoms with Gasteiger partial charge in [0, 0.05) is 24.0 Å². The largest absolute Gasteiger partial charge is 0.371 e. The fourth-order valence-corrected chi connectivity index (χ4v) is 2.56. The number of carbonyl (C=O) groups is 1. The maximum Gasteiger partial charge on any atom is 0.254 e. The molecule has 1 heterocycles. The first kappa shape index (κ1) is 14.5. The van der Waals surface area contributed by atoms with Crippen LogP contribution in [0, 0.1) is 12.7 Å². The summed E-state index contributed by atoms with van der Waals surface area (Å²) in [5, 5.41) is 0.684. The molecule has 104 valence electrons. The molecule has 0 saturated carbocycles. The Morgan fingerprint density at radius 2 is 2.26 bits per heavy atom. The molecule has 1 aliphatic rings. The van der Waals surface area contributed by atoms with Crippen LogP contribution in [0.4, 0.5) is 4.39 Å². The molecule has 1 fully saturated rings. The number of alkyl halides is 1. The Labute approximate surface area is 120 Å². The minimum absolute atomic E-state index is 0.00412. The first-order valence-electron chi connectivity index (χ1n) is 6.28. The van der Waals surface area contributed by atoms with Crippen molar-refractivity contribution < 1.29 is 13.9 Å². The summed E-state index contributed by atoms with van der Waals surface area (Å²) in [6.45, 7) is 4.69. The SMILES string of the molecule is Cc1ccc(C(=O)N2CC(C)OC(CBr)C2)cc1F. The van der Waals surface area contributed by atoms with Gasteiger partial charge in [-0.05, 0) is 31.5 Å². The maximum absolute atomic E-state index is 13.5.